The maximum absolute atomic E-state index is 14.3. The van der Waals surface area contributed by atoms with Crippen LogP contribution in [0.15, 0.2) is 36.4 Å². The number of halogens is 2. The molecule has 0 saturated heterocycles. The molecule has 0 bridgehead atoms. The first-order valence-electron chi connectivity index (χ1n) is 8.18. The van der Waals surface area contributed by atoms with Crippen molar-refractivity contribution in [2.45, 2.75) is 31.8 Å². The number of carbonyl (C=O) groups excluding carboxylic acids is 1. The van der Waals surface area contributed by atoms with Gasteiger partial charge < -0.3 is 14.8 Å². The summed E-state index contributed by atoms with van der Waals surface area (Å²) in [7, 11) is 1.45. The maximum atomic E-state index is 14.3. The molecule has 6 heteroatoms. The Bertz CT molecular complexity index is 775. The Morgan fingerprint density at radius 3 is 2.64 bits per heavy atom. The van der Waals surface area contributed by atoms with Gasteiger partial charge in [0, 0.05) is 16.8 Å². The van der Waals surface area contributed by atoms with E-state index in [1.165, 1.54) is 19.2 Å². The summed E-state index contributed by atoms with van der Waals surface area (Å²) < 4.78 is 25.5. The van der Waals surface area contributed by atoms with Crippen LogP contribution < -0.4 is 14.8 Å². The number of amides is 1. The first kappa shape index (κ1) is 17.5. The standard InChI is InChI=1S/C19H19ClFNO3/c1-24-17-11-16(21)15(10-18(17)25-14-7-2-3-8-14)19(23)22-13-6-4-5-12(20)9-13/h4-6,9-11,14H,2-3,7-8H2,1H3,(H,22,23). The Morgan fingerprint density at radius 2 is 1.96 bits per heavy atom. The lowest BCUT2D eigenvalue weighted by Gasteiger charge is -2.17. The number of benzene rings is 2. The van der Waals surface area contributed by atoms with Gasteiger partial charge in [-0.05, 0) is 49.9 Å². The Labute approximate surface area is 150 Å². The van der Waals surface area contributed by atoms with Crippen molar-refractivity contribution in [3.63, 3.8) is 0 Å². The average molecular weight is 364 g/mol. The highest BCUT2D eigenvalue weighted by Gasteiger charge is 2.22. The molecule has 0 spiro atoms. The van der Waals surface area contributed by atoms with Gasteiger partial charge in [0.25, 0.3) is 5.91 Å². The molecule has 0 unspecified atom stereocenters. The first-order valence-corrected chi connectivity index (χ1v) is 8.55. The zero-order valence-electron chi connectivity index (χ0n) is 13.9. The predicted octanol–water partition coefficient (Wildman–Crippen LogP) is 5.06. The molecular formula is C19H19ClFNO3. The zero-order valence-corrected chi connectivity index (χ0v) is 14.6. The number of ether oxygens (including phenoxy) is 2. The van der Waals surface area contributed by atoms with Gasteiger partial charge in [0.15, 0.2) is 11.5 Å². The number of hydrogen-bond acceptors (Lipinski definition) is 3. The molecule has 25 heavy (non-hydrogen) atoms. The number of anilines is 1. The quantitative estimate of drug-likeness (QED) is 0.807. The van der Waals surface area contributed by atoms with E-state index in [0.717, 1.165) is 25.7 Å². The molecule has 1 aliphatic carbocycles. The first-order chi connectivity index (χ1) is 12.1. The number of nitrogens with one attached hydrogen (secondary N) is 1. The highest BCUT2D eigenvalue weighted by atomic mass is 35.5. The van der Waals surface area contributed by atoms with E-state index in [2.05, 4.69) is 5.32 Å². The highest BCUT2D eigenvalue weighted by Crippen LogP contribution is 2.34. The summed E-state index contributed by atoms with van der Waals surface area (Å²) in [6, 6.07) is 9.25. The van der Waals surface area contributed by atoms with Crippen molar-refractivity contribution in [2.75, 3.05) is 12.4 Å². The third kappa shape index (κ3) is 4.23. The van der Waals surface area contributed by atoms with Gasteiger partial charge in [0.05, 0.1) is 18.8 Å². The summed E-state index contributed by atoms with van der Waals surface area (Å²) in [5.41, 5.74) is 0.389. The van der Waals surface area contributed by atoms with E-state index in [-0.39, 0.29) is 17.4 Å². The van der Waals surface area contributed by atoms with Crippen molar-refractivity contribution >= 4 is 23.2 Å². The topological polar surface area (TPSA) is 47.6 Å². The maximum Gasteiger partial charge on any atom is 0.258 e. The molecule has 1 aliphatic rings. The highest BCUT2D eigenvalue weighted by molar-refractivity contribution is 6.31. The molecule has 0 aliphatic heterocycles. The van der Waals surface area contributed by atoms with Crippen LogP contribution in [0.4, 0.5) is 10.1 Å². The summed E-state index contributed by atoms with van der Waals surface area (Å²) in [6.07, 6.45) is 4.19. The SMILES string of the molecule is COc1cc(F)c(C(=O)Nc2cccc(Cl)c2)cc1OC1CCCC1. The molecule has 1 N–H and O–H groups in total. The molecule has 4 nitrogen and oxygen atoms in total. The average Bonchev–Trinajstić information content (AvgIpc) is 3.09. The predicted molar refractivity (Wildman–Crippen MR) is 95.2 cm³/mol. The second-order valence-corrected chi connectivity index (χ2v) is 6.41. The van der Waals surface area contributed by atoms with E-state index >= 15 is 0 Å². The minimum absolute atomic E-state index is 0.0724. The molecule has 0 heterocycles. The number of hydrogen-bond donors (Lipinski definition) is 1. The summed E-state index contributed by atoms with van der Waals surface area (Å²) in [4.78, 5) is 12.4. The molecular weight excluding hydrogens is 345 g/mol. The minimum atomic E-state index is -0.671. The monoisotopic (exact) mass is 363 g/mol. The molecule has 0 aromatic heterocycles. The largest absolute Gasteiger partial charge is 0.493 e. The summed E-state index contributed by atoms with van der Waals surface area (Å²) >= 11 is 5.90. The van der Waals surface area contributed by atoms with Crippen molar-refractivity contribution < 1.29 is 18.7 Å². The third-order valence-electron chi connectivity index (χ3n) is 4.18. The van der Waals surface area contributed by atoms with Crippen LogP contribution in [0, 0.1) is 5.82 Å². The smallest absolute Gasteiger partial charge is 0.258 e. The van der Waals surface area contributed by atoms with Crippen molar-refractivity contribution in [1.82, 2.24) is 0 Å². The van der Waals surface area contributed by atoms with Gasteiger partial charge in [0.1, 0.15) is 5.82 Å². The fraction of sp³-hybridized carbons (Fsp3) is 0.316. The van der Waals surface area contributed by atoms with Gasteiger partial charge in [-0.3, -0.25) is 4.79 Å². The normalized spacial score (nSPS) is 14.4. The third-order valence-corrected chi connectivity index (χ3v) is 4.41. The molecule has 2 aromatic rings. The van der Waals surface area contributed by atoms with Crippen molar-refractivity contribution in [3.05, 3.63) is 52.8 Å². The van der Waals surface area contributed by atoms with Crippen LogP contribution >= 0.6 is 11.6 Å². The van der Waals surface area contributed by atoms with Gasteiger partial charge in [-0.15, -0.1) is 0 Å². The van der Waals surface area contributed by atoms with E-state index in [1.54, 1.807) is 24.3 Å². The van der Waals surface area contributed by atoms with Gasteiger partial charge in [-0.1, -0.05) is 17.7 Å². The van der Waals surface area contributed by atoms with E-state index in [1.807, 2.05) is 0 Å². The van der Waals surface area contributed by atoms with Gasteiger partial charge in [0.2, 0.25) is 0 Å². The lowest BCUT2D eigenvalue weighted by atomic mass is 10.1. The van der Waals surface area contributed by atoms with E-state index in [9.17, 15) is 9.18 Å². The van der Waals surface area contributed by atoms with Crippen molar-refractivity contribution in [3.8, 4) is 11.5 Å². The van der Waals surface area contributed by atoms with Gasteiger partial charge >= 0.3 is 0 Å². The van der Waals surface area contributed by atoms with Crippen LogP contribution in [0.25, 0.3) is 0 Å². The van der Waals surface area contributed by atoms with Crippen molar-refractivity contribution in [1.29, 1.82) is 0 Å². The van der Waals surface area contributed by atoms with Crippen LogP contribution in [0.2, 0.25) is 5.02 Å². The summed E-state index contributed by atoms with van der Waals surface area (Å²) in [5, 5.41) is 3.12. The van der Waals surface area contributed by atoms with Crippen LogP contribution in [0.1, 0.15) is 36.0 Å². The molecule has 0 atom stereocenters. The molecule has 1 saturated carbocycles. The Balaban J connectivity index is 1.85. The van der Waals surface area contributed by atoms with E-state index in [0.29, 0.717) is 16.5 Å². The fourth-order valence-electron chi connectivity index (χ4n) is 2.91. The van der Waals surface area contributed by atoms with Crippen LogP contribution in [0.5, 0.6) is 11.5 Å². The summed E-state index contributed by atoms with van der Waals surface area (Å²) in [6.45, 7) is 0. The number of methoxy groups -OCH3 is 1. The number of rotatable bonds is 5. The van der Waals surface area contributed by atoms with E-state index < -0.39 is 11.7 Å². The lowest BCUT2D eigenvalue weighted by molar-refractivity contribution is 0.102. The summed E-state index contributed by atoms with van der Waals surface area (Å²) in [5.74, 6) is -0.579. The second-order valence-electron chi connectivity index (χ2n) is 5.97. The Kier molecular flexibility index (Phi) is 5.43. The van der Waals surface area contributed by atoms with Crippen molar-refractivity contribution in [2.24, 2.45) is 0 Å². The van der Waals surface area contributed by atoms with Gasteiger partial charge in [-0.25, -0.2) is 4.39 Å². The minimum Gasteiger partial charge on any atom is -0.493 e. The Hall–Kier alpha value is -2.27. The Morgan fingerprint density at radius 1 is 1.20 bits per heavy atom. The van der Waals surface area contributed by atoms with Crippen LogP contribution in [-0.2, 0) is 0 Å². The lowest BCUT2D eigenvalue weighted by Crippen LogP contribution is -2.16. The van der Waals surface area contributed by atoms with Crippen LogP contribution in [-0.4, -0.2) is 19.1 Å². The fourth-order valence-corrected chi connectivity index (χ4v) is 3.10. The zero-order chi connectivity index (χ0) is 17.8. The van der Waals surface area contributed by atoms with E-state index in [4.69, 9.17) is 21.1 Å². The van der Waals surface area contributed by atoms with Crippen LogP contribution in [0.3, 0.4) is 0 Å². The second kappa shape index (κ2) is 7.74. The molecule has 1 fully saturated rings. The molecule has 2 aromatic carbocycles. The molecule has 132 valence electrons. The number of carbonyl (C=O) groups is 1. The molecule has 3 rings (SSSR count). The molecule has 0 radical (unpaired) electrons. The van der Waals surface area contributed by atoms with Gasteiger partial charge in [-0.2, -0.15) is 0 Å². The molecule has 1 amide bonds.